The molecule has 0 amide bonds. The molecule has 0 atom stereocenters. The summed E-state index contributed by atoms with van der Waals surface area (Å²) in [7, 11) is 1.97. The molecular formula is C18H16N4O2. The van der Waals surface area contributed by atoms with Crippen LogP contribution >= 0.6 is 0 Å². The summed E-state index contributed by atoms with van der Waals surface area (Å²) in [5.41, 5.74) is 11.5. The molecule has 0 radical (unpaired) electrons. The lowest BCUT2D eigenvalue weighted by Crippen LogP contribution is -2.05. The number of carbonyl (C=O) groups is 1. The van der Waals surface area contributed by atoms with Crippen LogP contribution in [-0.2, 0) is 16.6 Å². The number of hydrogen-bond donors (Lipinski definition) is 0. The van der Waals surface area contributed by atoms with Crippen molar-refractivity contribution in [2.75, 3.05) is 6.61 Å². The number of ether oxygens (including phenoxy) is 1. The number of aryl methyl sites for hydroxylation is 1. The maximum atomic E-state index is 12.0. The van der Waals surface area contributed by atoms with Gasteiger partial charge in [0.2, 0.25) is 0 Å². The van der Waals surface area contributed by atoms with Crippen molar-refractivity contribution < 1.29 is 9.53 Å². The Bertz CT molecular complexity index is 1010. The Balaban J connectivity index is 2.28. The molecule has 0 aliphatic heterocycles. The van der Waals surface area contributed by atoms with Gasteiger partial charge in [0.05, 0.1) is 12.1 Å². The van der Waals surface area contributed by atoms with Crippen LogP contribution < -0.4 is 0 Å². The van der Waals surface area contributed by atoms with Crippen molar-refractivity contribution in [2.24, 2.45) is 12.2 Å². The van der Waals surface area contributed by atoms with Crippen LogP contribution in [0.1, 0.15) is 12.5 Å². The SMILES string of the molecule is CCOC(=O)/C(=C/c1cccc2c3ccccc3n(C)c12)N=[N+]=[N-]. The summed E-state index contributed by atoms with van der Waals surface area (Å²) in [6, 6.07) is 13.9. The molecule has 0 aliphatic rings. The molecular weight excluding hydrogens is 304 g/mol. The number of fused-ring (bicyclic) bond motifs is 3. The molecule has 6 heteroatoms. The highest BCUT2D eigenvalue weighted by molar-refractivity contribution is 6.11. The van der Waals surface area contributed by atoms with Crippen LogP contribution in [0.3, 0.4) is 0 Å². The molecule has 1 heterocycles. The van der Waals surface area contributed by atoms with Gasteiger partial charge < -0.3 is 9.30 Å². The fraction of sp³-hybridized carbons (Fsp3) is 0.167. The first-order valence-electron chi connectivity index (χ1n) is 7.57. The fourth-order valence-corrected chi connectivity index (χ4v) is 2.91. The molecule has 120 valence electrons. The van der Waals surface area contributed by atoms with Crippen molar-refractivity contribution in [2.45, 2.75) is 6.92 Å². The molecule has 3 rings (SSSR count). The predicted molar refractivity (Wildman–Crippen MR) is 94.2 cm³/mol. The number of para-hydroxylation sites is 2. The molecule has 1 aromatic heterocycles. The highest BCUT2D eigenvalue weighted by atomic mass is 16.5. The molecule has 0 saturated carbocycles. The maximum absolute atomic E-state index is 12.0. The Morgan fingerprint density at radius 3 is 2.75 bits per heavy atom. The molecule has 3 aromatic rings. The van der Waals surface area contributed by atoms with E-state index in [9.17, 15) is 4.79 Å². The summed E-state index contributed by atoms with van der Waals surface area (Å²) in [4.78, 5) is 14.7. The Morgan fingerprint density at radius 1 is 1.25 bits per heavy atom. The number of azide groups is 1. The zero-order chi connectivity index (χ0) is 17.1. The molecule has 0 unspecified atom stereocenters. The fourth-order valence-electron chi connectivity index (χ4n) is 2.91. The largest absolute Gasteiger partial charge is 0.462 e. The normalized spacial score (nSPS) is 11.5. The monoisotopic (exact) mass is 320 g/mol. The minimum Gasteiger partial charge on any atom is -0.462 e. The molecule has 0 aliphatic carbocycles. The van der Waals surface area contributed by atoms with E-state index < -0.39 is 5.97 Å². The Kier molecular flexibility index (Phi) is 4.22. The minimum absolute atomic E-state index is 0.0582. The Hall–Kier alpha value is -3.24. The summed E-state index contributed by atoms with van der Waals surface area (Å²) in [5.74, 6) is -0.633. The lowest BCUT2D eigenvalue weighted by Gasteiger charge is -2.05. The molecule has 0 fully saturated rings. The van der Waals surface area contributed by atoms with E-state index in [2.05, 4.69) is 20.7 Å². The smallest absolute Gasteiger partial charge is 0.340 e. The maximum Gasteiger partial charge on any atom is 0.340 e. The average Bonchev–Trinajstić information content (AvgIpc) is 2.89. The number of nitrogens with zero attached hydrogens (tertiary/aromatic N) is 4. The van der Waals surface area contributed by atoms with E-state index in [0.717, 1.165) is 27.4 Å². The van der Waals surface area contributed by atoms with Crippen LogP contribution in [0.25, 0.3) is 38.3 Å². The quantitative estimate of drug-likeness (QED) is 0.232. The van der Waals surface area contributed by atoms with E-state index in [1.54, 1.807) is 13.0 Å². The van der Waals surface area contributed by atoms with Crippen LogP contribution in [-0.4, -0.2) is 17.1 Å². The molecule has 6 nitrogen and oxygen atoms in total. The van der Waals surface area contributed by atoms with Crippen LogP contribution in [0.4, 0.5) is 0 Å². The summed E-state index contributed by atoms with van der Waals surface area (Å²) in [6.07, 6.45) is 1.57. The van der Waals surface area contributed by atoms with Gasteiger partial charge in [0.1, 0.15) is 5.70 Å². The third kappa shape index (κ3) is 2.59. The van der Waals surface area contributed by atoms with Crippen molar-refractivity contribution in [1.29, 1.82) is 0 Å². The number of benzene rings is 2. The van der Waals surface area contributed by atoms with Crippen LogP contribution in [0.2, 0.25) is 0 Å². The molecule has 0 bridgehead atoms. The van der Waals surface area contributed by atoms with E-state index in [4.69, 9.17) is 10.3 Å². The summed E-state index contributed by atoms with van der Waals surface area (Å²) >= 11 is 0. The lowest BCUT2D eigenvalue weighted by molar-refractivity contribution is -0.138. The van der Waals surface area contributed by atoms with Gasteiger partial charge in [-0.05, 0) is 30.2 Å². The third-order valence-corrected chi connectivity index (χ3v) is 3.89. The van der Waals surface area contributed by atoms with E-state index in [0.29, 0.717) is 0 Å². The summed E-state index contributed by atoms with van der Waals surface area (Å²) in [6.45, 7) is 1.92. The van der Waals surface area contributed by atoms with E-state index in [1.807, 2.05) is 43.4 Å². The van der Waals surface area contributed by atoms with Crippen molar-refractivity contribution in [1.82, 2.24) is 4.57 Å². The zero-order valence-corrected chi connectivity index (χ0v) is 13.4. The topological polar surface area (TPSA) is 80.0 Å². The second-order valence-corrected chi connectivity index (χ2v) is 5.26. The lowest BCUT2D eigenvalue weighted by atomic mass is 10.1. The first-order valence-corrected chi connectivity index (χ1v) is 7.57. The Morgan fingerprint density at radius 2 is 2.00 bits per heavy atom. The average molecular weight is 320 g/mol. The summed E-state index contributed by atoms with van der Waals surface area (Å²) < 4.78 is 7.02. The zero-order valence-electron chi connectivity index (χ0n) is 13.4. The molecule has 0 spiro atoms. The van der Waals surface area contributed by atoms with Crippen molar-refractivity contribution in [3.63, 3.8) is 0 Å². The number of carbonyl (C=O) groups excluding carboxylic acids is 1. The highest BCUT2D eigenvalue weighted by Gasteiger charge is 2.13. The second-order valence-electron chi connectivity index (χ2n) is 5.26. The predicted octanol–water partition coefficient (Wildman–Crippen LogP) is 4.55. The van der Waals surface area contributed by atoms with Gasteiger partial charge in [0.25, 0.3) is 0 Å². The van der Waals surface area contributed by atoms with Crippen LogP contribution in [0.15, 0.2) is 53.3 Å². The molecule has 24 heavy (non-hydrogen) atoms. The number of esters is 1. The van der Waals surface area contributed by atoms with Crippen LogP contribution in [0, 0.1) is 0 Å². The van der Waals surface area contributed by atoms with E-state index in [1.165, 1.54) is 0 Å². The van der Waals surface area contributed by atoms with Crippen LogP contribution in [0.5, 0.6) is 0 Å². The van der Waals surface area contributed by atoms with E-state index >= 15 is 0 Å². The van der Waals surface area contributed by atoms with Crippen molar-refractivity contribution >= 4 is 33.9 Å². The second kappa shape index (κ2) is 6.48. The molecule has 0 saturated heterocycles. The van der Waals surface area contributed by atoms with Gasteiger partial charge in [0, 0.05) is 28.2 Å². The van der Waals surface area contributed by atoms with Gasteiger partial charge in [-0.15, -0.1) is 0 Å². The van der Waals surface area contributed by atoms with Gasteiger partial charge in [-0.3, -0.25) is 0 Å². The first kappa shape index (κ1) is 15.6. The number of hydrogen-bond acceptors (Lipinski definition) is 3. The number of rotatable bonds is 4. The van der Waals surface area contributed by atoms with Gasteiger partial charge in [-0.2, -0.15) is 0 Å². The Labute approximate surface area is 138 Å². The van der Waals surface area contributed by atoms with Gasteiger partial charge in [-0.1, -0.05) is 41.5 Å². The first-order chi connectivity index (χ1) is 11.7. The standard InChI is InChI=1S/C18H16N4O2/c1-3-24-18(23)15(20-21-19)11-12-7-6-9-14-13-8-4-5-10-16(13)22(2)17(12)14/h4-11H,3H2,1-2H3/b15-11-. The highest BCUT2D eigenvalue weighted by Crippen LogP contribution is 2.31. The third-order valence-electron chi connectivity index (χ3n) is 3.89. The molecule has 2 aromatic carbocycles. The minimum atomic E-state index is -0.633. The summed E-state index contributed by atoms with van der Waals surface area (Å²) in [5, 5.41) is 5.69. The van der Waals surface area contributed by atoms with Gasteiger partial charge in [-0.25, -0.2) is 4.79 Å². The van der Waals surface area contributed by atoms with Crippen molar-refractivity contribution in [3.05, 3.63) is 64.2 Å². The van der Waals surface area contributed by atoms with Gasteiger partial charge >= 0.3 is 5.97 Å². The molecule has 0 N–H and O–H groups in total. The van der Waals surface area contributed by atoms with E-state index in [-0.39, 0.29) is 12.3 Å². The number of aromatic nitrogens is 1. The van der Waals surface area contributed by atoms with Gasteiger partial charge in [0.15, 0.2) is 0 Å². The van der Waals surface area contributed by atoms with Crippen molar-refractivity contribution in [3.8, 4) is 0 Å².